The van der Waals surface area contributed by atoms with Crippen LogP contribution in [0.25, 0.3) is 45.1 Å². The van der Waals surface area contributed by atoms with Gasteiger partial charge < -0.3 is 46.4 Å². The first kappa shape index (κ1) is 32.9. The maximum Gasteiger partial charge on any atom is 3.00 e. The summed E-state index contributed by atoms with van der Waals surface area (Å²) in [7, 11) is 0. The molecule has 42 heavy (non-hydrogen) atoms. The molecule has 3 aromatic heterocycles. The Morgan fingerprint density at radius 3 is 1.21 bits per heavy atom. The molecule has 5 nitrogen and oxygen atoms in total. The minimum atomic E-state index is 0. The Balaban J connectivity index is 0.00000121. The number of nitrogens with zero attached hydrogens (tertiary/aromatic N) is 5. The van der Waals surface area contributed by atoms with Gasteiger partial charge in [-0.3, -0.25) is 0 Å². The Labute approximate surface area is 275 Å². The van der Waals surface area contributed by atoms with Gasteiger partial charge in [-0.15, -0.1) is 0 Å². The molecule has 0 fully saturated rings. The average Bonchev–Trinajstić information content (AvgIpc) is 3.53. The van der Waals surface area contributed by atoms with E-state index >= 15 is 0 Å². The Morgan fingerprint density at radius 2 is 0.786 bits per heavy atom. The fourth-order valence-electron chi connectivity index (χ4n) is 5.08. The van der Waals surface area contributed by atoms with Crippen molar-refractivity contribution in [3.63, 3.8) is 0 Å². The van der Waals surface area contributed by atoms with Crippen LogP contribution in [0.2, 0.25) is 0 Å². The van der Waals surface area contributed by atoms with Crippen LogP contribution in [-0.2, 0) is 31.6 Å². The Hall–Kier alpha value is -3.58. The smallest absolute Gasteiger partial charge is 1.00 e. The van der Waals surface area contributed by atoms with Crippen molar-refractivity contribution < 1.29 is 55.8 Å². The molecule has 7 rings (SSSR count). The maximum absolute atomic E-state index is 5.14. The number of halogens is 3. The van der Waals surface area contributed by atoms with E-state index in [1.165, 1.54) is 11.1 Å². The molecule has 3 heterocycles. The third kappa shape index (κ3) is 6.41. The second-order valence-corrected chi connectivity index (χ2v) is 9.40. The van der Waals surface area contributed by atoms with Gasteiger partial charge in [-0.25, -0.2) is 15.0 Å². The van der Waals surface area contributed by atoms with E-state index in [0.717, 1.165) is 58.2 Å². The summed E-state index contributed by atoms with van der Waals surface area (Å²) in [5, 5.41) is 0. The van der Waals surface area contributed by atoms with Gasteiger partial charge in [0, 0.05) is 13.1 Å². The van der Waals surface area contributed by atoms with Crippen molar-refractivity contribution in [1.29, 1.82) is 0 Å². The number of fused-ring (bicyclic) bond motifs is 2. The summed E-state index contributed by atoms with van der Waals surface area (Å²) < 4.78 is 4.51. The van der Waals surface area contributed by atoms with Crippen molar-refractivity contribution in [1.82, 2.24) is 24.1 Å². The molecule has 0 spiro atoms. The zero-order valence-electron chi connectivity index (χ0n) is 22.4. The monoisotopic (exact) mass is 647 g/mol. The van der Waals surface area contributed by atoms with Crippen molar-refractivity contribution in [2.75, 3.05) is 0 Å². The third-order valence-electron chi connectivity index (χ3n) is 6.88. The fourth-order valence-corrected chi connectivity index (χ4v) is 5.08. The summed E-state index contributed by atoms with van der Waals surface area (Å²) in [6, 6.07) is 43.6. The molecule has 0 bridgehead atoms. The predicted molar refractivity (Wildman–Crippen MR) is 153 cm³/mol. The first-order chi connectivity index (χ1) is 18.8. The Bertz CT molecular complexity index is 1750. The van der Waals surface area contributed by atoms with Gasteiger partial charge in [0.15, 0.2) is 11.6 Å². The van der Waals surface area contributed by atoms with Crippen molar-refractivity contribution in [3.05, 3.63) is 139 Å². The summed E-state index contributed by atoms with van der Waals surface area (Å²) >= 11 is 0. The number of imidazole rings is 2. The van der Waals surface area contributed by atoms with E-state index in [0.29, 0.717) is 0 Å². The van der Waals surface area contributed by atoms with Crippen LogP contribution >= 0.6 is 0 Å². The molecule has 0 aliphatic heterocycles. The van der Waals surface area contributed by atoms with Crippen molar-refractivity contribution in [3.8, 4) is 23.0 Å². The summed E-state index contributed by atoms with van der Waals surface area (Å²) in [6.07, 6.45) is 0. The molecule has 0 N–H and O–H groups in total. The molecule has 0 aliphatic rings. The van der Waals surface area contributed by atoms with Crippen LogP contribution in [0.5, 0.6) is 0 Å². The quantitative estimate of drug-likeness (QED) is 0.215. The number of aromatic nitrogens is 5. The molecule has 9 heteroatoms. The molecule has 0 saturated carbocycles. The molecule has 0 amide bonds. The van der Waals surface area contributed by atoms with E-state index in [9.17, 15) is 0 Å². The van der Waals surface area contributed by atoms with Gasteiger partial charge in [0.05, 0.1) is 22.1 Å². The molecular formula is C33H25Cl3N5V. The van der Waals surface area contributed by atoms with Crippen molar-refractivity contribution in [2.45, 2.75) is 13.1 Å². The zero-order valence-corrected chi connectivity index (χ0v) is 26.0. The summed E-state index contributed by atoms with van der Waals surface area (Å²) in [6.45, 7) is 1.43. The minimum Gasteiger partial charge on any atom is -1.00 e. The van der Waals surface area contributed by atoms with Gasteiger partial charge in [0.2, 0.25) is 0 Å². The molecule has 0 radical (unpaired) electrons. The summed E-state index contributed by atoms with van der Waals surface area (Å²) in [5.41, 5.74) is 8.20. The molecule has 0 atom stereocenters. The van der Waals surface area contributed by atoms with Crippen molar-refractivity contribution >= 4 is 22.1 Å². The largest absolute Gasteiger partial charge is 3.00 e. The summed E-state index contributed by atoms with van der Waals surface area (Å²) in [4.78, 5) is 15.2. The van der Waals surface area contributed by atoms with Crippen LogP contribution in [0.1, 0.15) is 11.1 Å². The molecule has 0 unspecified atom stereocenters. The van der Waals surface area contributed by atoms with E-state index in [4.69, 9.17) is 15.0 Å². The zero-order chi connectivity index (χ0) is 25.3. The first-order valence-electron chi connectivity index (χ1n) is 12.8. The van der Waals surface area contributed by atoms with E-state index < -0.39 is 0 Å². The van der Waals surface area contributed by atoms with Crippen LogP contribution < -0.4 is 37.2 Å². The fraction of sp³-hybridized carbons (Fsp3) is 0.0606. The number of pyridine rings is 1. The predicted octanol–water partition coefficient (Wildman–Crippen LogP) is -1.78. The number of benzene rings is 4. The Morgan fingerprint density at radius 1 is 0.405 bits per heavy atom. The average molecular weight is 649 g/mol. The van der Waals surface area contributed by atoms with Gasteiger partial charge in [0.25, 0.3) is 0 Å². The van der Waals surface area contributed by atoms with Crippen molar-refractivity contribution in [2.24, 2.45) is 0 Å². The van der Waals surface area contributed by atoms with Gasteiger partial charge in [-0.05, 0) is 47.5 Å². The van der Waals surface area contributed by atoms with Gasteiger partial charge >= 0.3 is 18.6 Å². The van der Waals surface area contributed by atoms with E-state index in [1.807, 2.05) is 36.4 Å². The SMILES string of the molecule is [Cl-].[Cl-].[Cl-].[V+3].c1ccc(Cn2c(-c3cccc(-c4nc5ccccc5n4Cc4ccccc4)n3)nc3ccccc32)cc1. The molecule has 0 saturated heterocycles. The maximum atomic E-state index is 5.14. The second-order valence-electron chi connectivity index (χ2n) is 9.40. The molecule has 7 aromatic rings. The third-order valence-corrected chi connectivity index (χ3v) is 6.88. The summed E-state index contributed by atoms with van der Waals surface area (Å²) in [5.74, 6) is 1.70. The van der Waals surface area contributed by atoms with Gasteiger partial charge in [0.1, 0.15) is 11.4 Å². The number of hydrogen-bond acceptors (Lipinski definition) is 3. The van der Waals surface area contributed by atoms with E-state index in [1.54, 1.807) is 0 Å². The van der Waals surface area contributed by atoms with Gasteiger partial charge in [-0.1, -0.05) is 91.0 Å². The standard InChI is InChI=1S/C33H25N5.3ClH.V/c1-3-12-24(13-4-1)22-37-30-20-9-7-16-26(30)35-32(37)28-18-11-19-29(34-28)33-36-27-17-8-10-21-31(27)38(33)23-25-14-5-2-6-15-25;;;;/h1-21H,22-23H2;3*1H;/q;;;;+3/p-3. The molecule has 4 aromatic carbocycles. The second kappa shape index (κ2) is 14.5. The molecular weight excluding hydrogens is 624 g/mol. The Kier molecular flexibility index (Phi) is 11.4. The number of rotatable bonds is 6. The molecule has 208 valence electrons. The van der Waals surface area contributed by atoms with E-state index in [-0.39, 0.29) is 55.8 Å². The number of para-hydroxylation sites is 4. The van der Waals surface area contributed by atoms with Crippen LogP contribution in [0.15, 0.2) is 127 Å². The normalized spacial score (nSPS) is 10.3. The van der Waals surface area contributed by atoms with Gasteiger partial charge in [-0.2, -0.15) is 0 Å². The van der Waals surface area contributed by atoms with Crippen LogP contribution in [0.3, 0.4) is 0 Å². The van der Waals surface area contributed by atoms with Crippen LogP contribution in [-0.4, -0.2) is 24.1 Å². The minimum absolute atomic E-state index is 0. The topological polar surface area (TPSA) is 48.5 Å². The van der Waals surface area contributed by atoms with E-state index in [2.05, 4.69) is 100 Å². The van der Waals surface area contributed by atoms with Crippen LogP contribution in [0, 0.1) is 0 Å². The molecule has 0 aliphatic carbocycles. The first-order valence-corrected chi connectivity index (χ1v) is 12.8. The number of hydrogen-bond donors (Lipinski definition) is 0. The van der Waals surface area contributed by atoms with Crippen LogP contribution in [0.4, 0.5) is 0 Å².